The summed E-state index contributed by atoms with van der Waals surface area (Å²) in [6.45, 7) is 4.20. The highest BCUT2D eigenvalue weighted by atomic mass is 16.2. The lowest BCUT2D eigenvalue weighted by molar-refractivity contribution is -0.135. The fourth-order valence-electron chi connectivity index (χ4n) is 2.98. The van der Waals surface area contributed by atoms with Crippen molar-refractivity contribution in [3.8, 4) is 0 Å². The van der Waals surface area contributed by atoms with Gasteiger partial charge in [0.2, 0.25) is 11.8 Å². The first kappa shape index (κ1) is 17.0. The standard InChI is InChI=1S/C15H29N3O2/c1-2-3-12(6-9-16)4-5-14(19)18-10-7-13(8-11-18)15(17)20/h12-13H,2-11,16H2,1H3,(H2,17,20). The lowest BCUT2D eigenvalue weighted by Crippen LogP contribution is -2.41. The Kier molecular flexibility index (Phi) is 7.59. The molecule has 1 rings (SSSR count). The van der Waals surface area contributed by atoms with Crippen LogP contribution in [0.25, 0.3) is 0 Å². The average Bonchev–Trinajstić information content (AvgIpc) is 2.45. The molecule has 1 heterocycles. The van der Waals surface area contributed by atoms with Gasteiger partial charge in [0.1, 0.15) is 0 Å². The Morgan fingerprint density at radius 3 is 2.35 bits per heavy atom. The molecule has 0 bridgehead atoms. The van der Waals surface area contributed by atoms with E-state index in [-0.39, 0.29) is 17.7 Å². The molecular formula is C15H29N3O2. The highest BCUT2D eigenvalue weighted by Gasteiger charge is 2.25. The summed E-state index contributed by atoms with van der Waals surface area (Å²) >= 11 is 0. The molecule has 20 heavy (non-hydrogen) atoms. The van der Waals surface area contributed by atoms with Gasteiger partial charge in [-0.3, -0.25) is 9.59 Å². The second-order valence-electron chi connectivity index (χ2n) is 5.83. The van der Waals surface area contributed by atoms with Crippen LogP contribution in [0, 0.1) is 11.8 Å². The van der Waals surface area contributed by atoms with E-state index in [4.69, 9.17) is 11.5 Å². The van der Waals surface area contributed by atoms with E-state index in [0.29, 0.717) is 44.8 Å². The Hall–Kier alpha value is -1.10. The molecule has 4 N–H and O–H groups in total. The third-order valence-electron chi connectivity index (χ3n) is 4.29. The van der Waals surface area contributed by atoms with Crippen LogP contribution >= 0.6 is 0 Å². The molecule has 0 radical (unpaired) electrons. The highest BCUT2D eigenvalue weighted by Crippen LogP contribution is 2.21. The van der Waals surface area contributed by atoms with Gasteiger partial charge in [0.25, 0.3) is 0 Å². The van der Waals surface area contributed by atoms with Crippen molar-refractivity contribution >= 4 is 11.8 Å². The van der Waals surface area contributed by atoms with Gasteiger partial charge in [-0.2, -0.15) is 0 Å². The van der Waals surface area contributed by atoms with E-state index in [9.17, 15) is 9.59 Å². The first-order valence-electron chi connectivity index (χ1n) is 7.85. The number of hydrogen-bond donors (Lipinski definition) is 2. The summed E-state index contributed by atoms with van der Waals surface area (Å²) in [7, 11) is 0. The van der Waals surface area contributed by atoms with Crippen LogP contribution < -0.4 is 11.5 Å². The van der Waals surface area contributed by atoms with E-state index in [2.05, 4.69) is 6.92 Å². The Balaban J connectivity index is 2.30. The van der Waals surface area contributed by atoms with Crippen molar-refractivity contribution in [2.24, 2.45) is 23.3 Å². The summed E-state index contributed by atoms with van der Waals surface area (Å²) in [5, 5.41) is 0. The number of hydrogen-bond acceptors (Lipinski definition) is 3. The van der Waals surface area contributed by atoms with E-state index >= 15 is 0 Å². The Morgan fingerprint density at radius 2 is 1.85 bits per heavy atom. The summed E-state index contributed by atoms with van der Waals surface area (Å²) in [6.07, 6.45) is 6.25. The molecule has 0 aromatic heterocycles. The molecule has 1 atom stereocenters. The van der Waals surface area contributed by atoms with Gasteiger partial charge in [0, 0.05) is 25.4 Å². The number of carbonyl (C=O) groups excluding carboxylic acids is 2. The van der Waals surface area contributed by atoms with E-state index in [1.807, 2.05) is 4.90 Å². The van der Waals surface area contributed by atoms with Crippen LogP contribution in [0.3, 0.4) is 0 Å². The third kappa shape index (κ3) is 5.49. The fraction of sp³-hybridized carbons (Fsp3) is 0.867. The zero-order valence-corrected chi connectivity index (χ0v) is 12.6. The minimum absolute atomic E-state index is 0.0517. The molecule has 0 spiro atoms. The largest absolute Gasteiger partial charge is 0.369 e. The number of rotatable bonds is 8. The lowest BCUT2D eigenvalue weighted by Gasteiger charge is -2.31. The van der Waals surface area contributed by atoms with Crippen molar-refractivity contribution in [3.05, 3.63) is 0 Å². The van der Waals surface area contributed by atoms with Crippen molar-refractivity contribution in [1.29, 1.82) is 0 Å². The molecule has 5 heteroatoms. The van der Waals surface area contributed by atoms with Crippen molar-refractivity contribution in [2.75, 3.05) is 19.6 Å². The topological polar surface area (TPSA) is 89.4 Å². The molecule has 116 valence electrons. The van der Waals surface area contributed by atoms with E-state index in [1.165, 1.54) is 0 Å². The van der Waals surface area contributed by atoms with E-state index in [0.717, 1.165) is 25.7 Å². The number of amides is 2. The van der Waals surface area contributed by atoms with Crippen LogP contribution in [0.5, 0.6) is 0 Å². The van der Waals surface area contributed by atoms with Crippen molar-refractivity contribution in [2.45, 2.75) is 51.9 Å². The maximum absolute atomic E-state index is 12.2. The summed E-state index contributed by atoms with van der Waals surface area (Å²) in [6, 6.07) is 0. The van der Waals surface area contributed by atoms with Gasteiger partial charge in [0.15, 0.2) is 0 Å². The maximum atomic E-state index is 12.2. The first-order valence-corrected chi connectivity index (χ1v) is 7.85. The molecule has 0 aromatic carbocycles. The number of piperidine rings is 1. The number of carbonyl (C=O) groups is 2. The molecule has 0 aromatic rings. The number of likely N-dealkylation sites (tertiary alicyclic amines) is 1. The molecule has 0 saturated carbocycles. The minimum atomic E-state index is -0.233. The summed E-state index contributed by atoms with van der Waals surface area (Å²) < 4.78 is 0. The monoisotopic (exact) mass is 283 g/mol. The molecule has 5 nitrogen and oxygen atoms in total. The van der Waals surface area contributed by atoms with Crippen molar-refractivity contribution < 1.29 is 9.59 Å². The quantitative estimate of drug-likeness (QED) is 0.702. The Morgan fingerprint density at radius 1 is 1.20 bits per heavy atom. The predicted molar refractivity (Wildman–Crippen MR) is 79.8 cm³/mol. The van der Waals surface area contributed by atoms with Crippen molar-refractivity contribution in [1.82, 2.24) is 4.90 Å². The number of nitrogens with two attached hydrogens (primary N) is 2. The van der Waals surface area contributed by atoms with Crippen LogP contribution in [0.1, 0.15) is 51.9 Å². The molecule has 0 aliphatic carbocycles. The molecule has 1 aliphatic heterocycles. The van der Waals surface area contributed by atoms with Gasteiger partial charge in [-0.25, -0.2) is 0 Å². The predicted octanol–water partition coefficient (Wildman–Crippen LogP) is 1.26. The Labute approximate surface area is 122 Å². The van der Waals surface area contributed by atoms with Gasteiger partial charge in [-0.15, -0.1) is 0 Å². The summed E-state index contributed by atoms with van der Waals surface area (Å²) in [4.78, 5) is 25.1. The van der Waals surface area contributed by atoms with E-state index < -0.39 is 0 Å². The second-order valence-corrected chi connectivity index (χ2v) is 5.83. The van der Waals surface area contributed by atoms with Crippen LogP contribution in [0.2, 0.25) is 0 Å². The van der Waals surface area contributed by atoms with Crippen molar-refractivity contribution in [3.63, 3.8) is 0 Å². The zero-order chi connectivity index (χ0) is 15.0. The molecule has 1 saturated heterocycles. The molecule has 2 amide bonds. The van der Waals surface area contributed by atoms with E-state index in [1.54, 1.807) is 0 Å². The van der Waals surface area contributed by atoms with Gasteiger partial charge in [-0.05, 0) is 38.1 Å². The van der Waals surface area contributed by atoms with Crippen LogP contribution in [0.15, 0.2) is 0 Å². The normalized spacial score (nSPS) is 18.0. The summed E-state index contributed by atoms with van der Waals surface area (Å²) in [5.74, 6) is 0.496. The van der Waals surface area contributed by atoms with Gasteiger partial charge < -0.3 is 16.4 Å². The van der Waals surface area contributed by atoms with Crippen LogP contribution in [-0.4, -0.2) is 36.3 Å². The molecule has 1 unspecified atom stereocenters. The Bertz CT molecular complexity index is 306. The fourth-order valence-corrected chi connectivity index (χ4v) is 2.98. The first-order chi connectivity index (χ1) is 9.58. The number of primary amides is 1. The SMILES string of the molecule is CCCC(CCN)CCC(=O)N1CCC(C(N)=O)CC1. The second kappa shape index (κ2) is 8.95. The maximum Gasteiger partial charge on any atom is 0.222 e. The van der Waals surface area contributed by atoms with Crippen LogP contribution in [-0.2, 0) is 9.59 Å². The number of nitrogens with zero attached hydrogens (tertiary/aromatic N) is 1. The average molecular weight is 283 g/mol. The van der Waals surface area contributed by atoms with Crippen LogP contribution in [0.4, 0.5) is 0 Å². The molecular weight excluding hydrogens is 254 g/mol. The lowest BCUT2D eigenvalue weighted by atomic mass is 9.93. The van der Waals surface area contributed by atoms with Gasteiger partial charge in [0.05, 0.1) is 0 Å². The highest BCUT2D eigenvalue weighted by molar-refractivity contribution is 5.78. The van der Waals surface area contributed by atoms with Gasteiger partial charge >= 0.3 is 0 Å². The third-order valence-corrected chi connectivity index (χ3v) is 4.29. The zero-order valence-electron chi connectivity index (χ0n) is 12.6. The smallest absolute Gasteiger partial charge is 0.222 e. The molecule has 1 fully saturated rings. The summed E-state index contributed by atoms with van der Waals surface area (Å²) in [5.41, 5.74) is 10.9. The molecule has 1 aliphatic rings. The van der Waals surface area contributed by atoms with Gasteiger partial charge in [-0.1, -0.05) is 19.8 Å². The minimum Gasteiger partial charge on any atom is -0.369 e.